The lowest BCUT2D eigenvalue weighted by Crippen LogP contribution is -2.43. The molecule has 11 heteroatoms. The van der Waals surface area contributed by atoms with Crippen molar-refractivity contribution in [3.63, 3.8) is 0 Å². The van der Waals surface area contributed by atoms with E-state index < -0.39 is 11.7 Å². The van der Waals surface area contributed by atoms with Crippen molar-refractivity contribution in [1.82, 2.24) is 19.4 Å². The van der Waals surface area contributed by atoms with Gasteiger partial charge < -0.3 is 9.47 Å². The molecule has 1 aliphatic carbocycles. The lowest BCUT2D eigenvalue weighted by molar-refractivity contribution is -0.137. The molecule has 0 bridgehead atoms. The quantitative estimate of drug-likeness (QED) is 0.0761. The number of amides is 1. The Morgan fingerprint density at radius 1 is 0.918 bits per heavy atom. The molecule has 5 rings (SSSR count). The molecule has 0 spiro atoms. The third-order valence-electron chi connectivity index (χ3n) is 9.28. The van der Waals surface area contributed by atoms with Crippen molar-refractivity contribution in [1.29, 1.82) is 0 Å². The van der Waals surface area contributed by atoms with Crippen molar-refractivity contribution < 1.29 is 22.4 Å². The predicted molar refractivity (Wildman–Crippen MR) is 186 cm³/mol. The number of carbonyl (C=O) groups is 1. The highest BCUT2D eigenvalue weighted by Crippen LogP contribution is 2.31. The first-order chi connectivity index (χ1) is 23.5. The number of thioether (sulfide) groups is 1. The van der Waals surface area contributed by atoms with E-state index in [0.29, 0.717) is 60.6 Å². The number of benzene rings is 3. The third kappa shape index (κ3) is 9.19. The molecule has 6 nitrogen and oxygen atoms in total. The summed E-state index contributed by atoms with van der Waals surface area (Å²) in [5, 5.41) is 0.471. The molecule has 3 aromatic carbocycles. The normalized spacial score (nSPS) is 13.5. The largest absolute Gasteiger partial charge is 0.416 e. The number of hydrogen-bond donors (Lipinski definition) is 0. The molecule has 1 unspecified atom stereocenters. The summed E-state index contributed by atoms with van der Waals surface area (Å²) in [7, 11) is 0. The van der Waals surface area contributed by atoms with Crippen LogP contribution in [-0.2, 0) is 42.7 Å². The topological polar surface area (TPSA) is 58.4 Å². The Kier molecular flexibility index (Phi) is 12.0. The second-order valence-corrected chi connectivity index (χ2v) is 13.4. The Hall–Kier alpha value is -3.96. The molecule has 4 aromatic rings. The smallest absolute Gasteiger partial charge is 0.336 e. The molecule has 0 radical (unpaired) electrons. The maximum atomic E-state index is 14.2. The molecular weight excluding hydrogens is 653 g/mol. The van der Waals surface area contributed by atoms with Crippen molar-refractivity contribution in [2.75, 3.05) is 19.6 Å². The molecule has 1 heterocycles. The first-order valence-electron chi connectivity index (χ1n) is 16.7. The summed E-state index contributed by atoms with van der Waals surface area (Å²) in [6.45, 7) is 8.83. The van der Waals surface area contributed by atoms with Crippen molar-refractivity contribution in [2.24, 2.45) is 0 Å². The highest BCUT2D eigenvalue weighted by molar-refractivity contribution is 7.98. The van der Waals surface area contributed by atoms with Crippen LogP contribution in [0.1, 0.15) is 61.6 Å². The number of nitrogens with zero attached hydrogens (tertiary/aromatic N) is 4. The fraction of sp³-hybridized carbons (Fsp3) is 0.395. The second-order valence-electron chi connectivity index (χ2n) is 12.5. The minimum Gasteiger partial charge on any atom is -0.336 e. The number of hydrogen-bond acceptors (Lipinski definition) is 5. The van der Waals surface area contributed by atoms with Crippen LogP contribution in [-0.4, -0.2) is 50.9 Å². The summed E-state index contributed by atoms with van der Waals surface area (Å²) in [6.07, 6.45) is -1.27. The van der Waals surface area contributed by atoms with Crippen molar-refractivity contribution in [2.45, 2.75) is 82.7 Å². The van der Waals surface area contributed by atoms with Crippen LogP contribution in [0.2, 0.25) is 0 Å². The van der Waals surface area contributed by atoms with Crippen LogP contribution in [0.5, 0.6) is 0 Å². The SMILES string of the molecule is CCC(C)N(CC)CCN(Cc1ccc(-c2ccc(C(F)(F)F)cc2)cc1)C(=O)Cn1c(SCc2ccc(F)cc2)nc(=O)c2c1CCC2. The Bertz CT molecular complexity index is 1770. The molecule has 0 fully saturated rings. The third-order valence-corrected chi connectivity index (χ3v) is 10.3. The molecule has 1 aromatic heterocycles. The van der Waals surface area contributed by atoms with Crippen LogP contribution in [0.25, 0.3) is 11.1 Å². The van der Waals surface area contributed by atoms with E-state index in [9.17, 15) is 27.2 Å². The summed E-state index contributed by atoms with van der Waals surface area (Å²) in [5.74, 6) is 0.0427. The number of carbonyl (C=O) groups excluding carboxylic acids is 1. The van der Waals surface area contributed by atoms with Crippen molar-refractivity contribution in [3.05, 3.63) is 117 Å². The van der Waals surface area contributed by atoms with Gasteiger partial charge in [-0.25, -0.2) is 4.39 Å². The first kappa shape index (κ1) is 36.3. The summed E-state index contributed by atoms with van der Waals surface area (Å²) in [6, 6.07) is 19.2. The number of rotatable bonds is 14. The number of likely N-dealkylation sites (N-methyl/N-ethyl adjacent to an activating group) is 1. The van der Waals surface area contributed by atoms with E-state index in [1.165, 1.54) is 36.0 Å². The van der Waals surface area contributed by atoms with Gasteiger partial charge in [-0.15, -0.1) is 0 Å². The summed E-state index contributed by atoms with van der Waals surface area (Å²) in [4.78, 5) is 35.8. The molecule has 49 heavy (non-hydrogen) atoms. The van der Waals surface area contributed by atoms with Crippen LogP contribution in [0.3, 0.4) is 0 Å². The molecular formula is C38H42F4N4O2S. The highest BCUT2D eigenvalue weighted by Gasteiger charge is 2.30. The standard InChI is InChI=1S/C38H42F4N4O2S/c1-4-26(3)44(5-2)21-22-45(23-27-9-13-29(14-10-27)30-15-17-31(18-16-30)38(40,41)42)35(47)24-46-34-8-6-7-33(34)36(48)43-37(46)49-25-28-11-19-32(39)20-12-28/h9-20,26H,4-8,21-25H2,1-3H3. The van der Waals surface area contributed by atoms with Gasteiger partial charge in [-0.1, -0.05) is 74.1 Å². The molecule has 0 N–H and O–H groups in total. The first-order valence-corrected chi connectivity index (χ1v) is 17.7. The van der Waals surface area contributed by atoms with Gasteiger partial charge in [-0.05, 0) is 85.7 Å². The zero-order valence-corrected chi connectivity index (χ0v) is 28.9. The van der Waals surface area contributed by atoms with Gasteiger partial charge in [0.15, 0.2) is 5.16 Å². The van der Waals surface area contributed by atoms with E-state index in [-0.39, 0.29) is 23.8 Å². The number of fused-ring (bicyclic) bond motifs is 1. The summed E-state index contributed by atoms with van der Waals surface area (Å²) in [5.41, 5.74) is 3.79. The fourth-order valence-corrected chi connectivity index (χ4v) is 7.15. The van der Waals surface area contributed by atoms with Crippen LogP contribution in [0.15, 0.2) is 82.7 Å². The van der Waals surface area contributed by atoms with E-state index in [1.54, 1.807) is 12.1 Å². The van der Waals surface area contributed by atoms with E-state index >= 15 is 0 Å². The van der Waals surface area contributed by atoms with E-state index in [1.807, 2.05) is 33.7 Å². The predicted octanol–water partition coefficient (Wildman–Crippen LogP) is 8.00. The highest BCUT2D eigenvalue weighted by atomic mass is 32.2. The van der Waals surface area contributed by atoms with Crippen LogP contribution < -0.4 is 5.56 Å². The molecule has 0 saturated carbocycles. The zero-order valence-electron chi connectivity index (χ0n) is 28.1. The minimum absolute atomic E-state index is 0.0282. The summed E-state index contributed by atoms with van der Waals surface area (Å²) >= 11 is 1.36. The lowest BCUT2D eigenvalue weighted by atomic mass is 10.0. The minimum atomic E-state index is -4.39. The average Bonchev–Trinajstić information content (AvgIpc) is 3.60. The van der Waals surface area contributed by atoms with Crippen LogP contribution in [0.4, 0.5) is 17.6 Å². The molecule has 1 amide bonds. The van der Waals surface area contributed by atoms with Gasteiger partial charge in [-0.2, -0.15) is 18.2 Å². The van der Waals surface area contributed by atoms with E-state index in [2.05, 4.69) is 30.7 Å². The van der Waals surface area contributed by atoms with Gasteiger partial charge in [-0.3, -0.25) is 14.5 Å². The molecule has 0 aliphatic heterocycles. The number of alkyl halides is 3. The Labute approximate surface area is 289 Å². The monoisotopic (exact) mass is 694 g/mol. The molecule has 1 atom stereocenters. The molecule has 1 aliphatic rings. The zero-order chi connectivity index (χ0) is 35.1. The van der Waals surface area contributed by atoms with Gasteiger partial charge in [0.05, 0.1) is 5.56 Å². The van der Waals surface area contributed by atoms with Gasteiger partial charge in [0.2, 0.25) is 5.91 Å². The van der Waals surface area contributed by atoms with Crippen molar-refractivity contribution in [3.8, 4) is 11.1 Å². The molecule has 260 valence electrons. The lowest BCUT2D eigenvalue weighted by Gasteiger charge is -2.31. The van der Waals surface area contributed by atoms with E-state index in [4.69, 9.17) is 0 Å². The number of halogens is 4. The fourth-order valence-electron chi connectivity index (χ4n) is 6.19. The second kappa shape index (κ2) is 16.2. The van der Waals surface area contributed by atoms with Gasteiger partial charge in [0.25, 0.3) is 5.56 Å². The van der Waals surface area contributed by atoms with Crippen LogP contribution in [0, 0.1) is 5.82 Å². The summed E-state index contributed by atoms with van der Waals surface area (Å²) < 4.78 is 54.6. The Balaban J connectivity index is 1.39. The molecule has 0 saturated heterocycles. The van der Waals surface area contributed by atoms with Gasteiger partial charge in [0, 0.05) is 42.7 Å². The number of aromatic nitrogens is 2. The Morgan fingerprint density at radius 3 is 2.16 bits per heavy atom. The van der Waals surface area contributed by atoms with Gasteiger partial charge >= 0.3 is 6.18 Å². The van der Waals surface area contributed by atoms with E-state index in [0.717, 1.165) is 53.9 Å². The maximum absolute atomic E-state index is 14.2. The van der Waals surface area contributed by atoms with Crippen molar-refractivity contribution >= 4 is 17.7 Å². The van der Waals surface area contributed by atoms with Gasteiger partial charge in [0.1, 0.15) is 12.4 Å². The van der Waals surface area contributed by atoms with Crippen LogP contribution >= 0.6 is 11.8 Å². The average molecular weight is 695 g/mol. The Morgan fingerprint density at radius 2 is 1.55 bits per heavy atom. The maximum Gasteiger partial charge on any atom is 0.416 e.